The van der Waals surface area contributed by atoms with Crippen molar-refractivity contribution in [2.45, 2.75) is 44.9 Å². The van der Waals surface area contributed by atoms with Gasteiger partial charge in [-0.2, -0.15) is 0 Å². The molecule has 0 atom stereocenters. The number of hydrogen-bond donors (Lipinski definition) is 1. The van der Waals surface area contributed by atoms with Gasteiger partial charge in [-0.25, -0.2) is 0 Å². The second kappa shape index (κ2) is 7.30. The number of methoxy groups -OCH3 is 2. The minimum absolute atomic E-state index is 0.130. The Morgan fingerprint density at radius 3 is 2.40 bits per heavy atom. The zero-order chi connectivity index (χ0) is 18.0. The molecule has 1 aromatic rings. The Balaban J connectivity index is 1.96. The molecule has 0 radical (unpaired) electrons. The number of allylic oxidation sites excluding steroid dienone is 1. The first-order valence-electron chi connectivity index (χ1n) is 8.84. The maximum Gasteiger partial charge on any atom is 0.234 e. The first-order chi connectivity index (χ1) is 12.1. The van der Waals surface area contributed by atoms with Crippen molar-refractivity contribution in [1.29, 1.82) is 0 Å². The number of hydrogen-bond acceptors (Lipinski definition) is 5. The fourth-order valence-corrected chi connectivity index (χ4v) is 3.87. The molecule has 1 aromatic carbocycles. The van der Waals surface area contributed by atoms with Gasteiger partial charge < -0.3 is 14.6 Å². The molecule has 0 amide bonds. The molecule has 0 aliphatic heterocycles. The third-order valence-corrected chi connectivity index (χ3v) is 5.31. The number of fused-ring (bicyclic) bond motifs is 1. The lowest BCUT2D eigenvalue weighted by Crippen LogP contribution is -2.25. The van der Waals surface area contributed by atoms with Crippen LogP contribution in [0.3, 0.4) is 0 Å². The molecule has 5 nitrogen and oxygen atoms in total. The van der Waals surface area contributed by atoms with Gasteiger partial charge in [-0.05, 0) is 24.8 Å². The normalized spacial score (nSPS) is 18.3. The molecule has 134 valence electrons. The topological polar surface area (TPSA) is 72.8 Å². The van der Waals surface area contributed by atoms with Crippen LogP contribution in [0.5, 0.6) is 11.5 Å². The summed E-state index contributed by atoms with van der Waals surface area (Å²) in [5, 5.41) is 10.7. The molecule has 0 bridgehead atoms. The predicted octanol–water partition coefficient (Wildman–Crippen LogP) is 4.10. The Kier molecular flexibility index (Phi) is 5.11. The molecule has 1 saturated carbocycles. The number of aliphatic hydroxyl groups excluding tert-OH is 1. The predicted molar refractivity (Wildman–Crippen MR) is 94.2 cm³/mol. The maximum absolute atomic E-state index is 12.6. The van der Waals surface area contributed by atoms with Crippen LogP contribution in [0.1, 0.15) is 60.9 Å². The molecule has 1 N–H and O–H groups in total. The lowest BCUT2D eigenvalue weighted by Gasteiger charge is -2.24. The van der Waals surface area contributed by atoms with E-state index < -0.39 is 11.6 Å². The van der Waals surface area contributed by atoms with Gasteiger partial charge in [0.1, 0.15) is 17.3 Å². The van der Waals surface area contributed by atoms with Crippen molar-refractivity contribution in [2.75, 3.05) is 14.2 Å². The number of Topliss-reactive ketones (excluding diaryl/α,β-unsaturated/α-hetero) is 2. The average molecular weight is 344 g/mol. The lowest BCUT2D eigenvalue weighted by atomic mass is 9.81. The summed E-state index contributed by atoms with van der Waals surface area (Å²) in [6.07, 6.45) is 7.29. The van der Waals surface area contributed by atoms with Gasteiger partial charge in [0.05, 0.1) is 19.8 Å². The average Bonchev–Trinajstić information content (AvgIpc) is 2.65. The Morgan fingerprint density at radius 2 is 1.76 bits per heavy atom. The van der Waals surface area contributed by atoms with Gasteiger partial charge >= 0.3 is 0 Å². The van der Waals surface area contributed by atoms with Crippen molar-refractivity contribution >= 4 is 17.3 Å². The summed E-state index contributed by atoms with van der Waals surface area (Å²) in [5.41, 5.74) is 0.651. The first kappa shape index (κ1) is 17.5. The summed E-state index contributed by atoms with van der Waals surface area (Å²) in [6.45, 7) is 0. The molecule has 0 unspecified atom stereocenters. The van der Waals surface area contributed by atoms with Crippen LogP contribution in [-0.4, -0.2) is 30.9 Å². The Hall–Kier alpha value is -2.30. The zero-order valence-corrected chi connectivity index (χ0v) is 14.8. The Labute approximate surface area is 147 Å². The number of carbonyl (C=O) groups is 2. The minimum Gasteiger partial charge on any atom is -0.507 e. The number of benzene rings is 1. The highest BCUT2D eigenvalue weighted by Crippen LogP contribution is 2.40. The summed E-state index contributed by atoms with van der Waals surface area (Å²) < 4.78 is 10.5. The van der Waals surface area contributed by atoms with E-state index in [1.807, 2.05) is 0 Å². The van der Waals surface area contributed by atoms with Crippen LogP contribution in [0.25, 0.3) is 5.76 Å². The van der Waals surface area contributed by atoms with Gasteiger partial charge in [0.25, 0.3) is 0 Å². The van der Waals surface area contributed by atoms with Crippen molar-refractivity contribution < 1.29 is 24.2 Å². The summed E-state index contributed by atoms with van der Waals surface area (Å²) in [4.78, 5) is 25.1. The standard InChI is InChI=1S/C20H24O5/c1-24-13-10-15-17(16(11-13)25-2)18(21)14(19(22)20(15)23)9-8-12-6-4-3-5-7-12/h10-12,21H,3-9H2,1-2H3. The monoisotopic (exact) mass is 344 g/mol. The molecule has 1 fully saturated rings. The maximum atomic E-state index is 12.6. The zero-order valence-electron chi connectivity index (χ0n) is 14.8. The number of aliphatic hydroxyl groups is 1. The Morgan fingerprint density at radius 1 is 1.04 bits per heavy atom. The molecule has 3 rings (SSSR count). The minimum atomic E-state index is -0.615. The highest BCUT2D eigenvalue weighted by atomic mass is 16.5. The van der Waals surface area contributed by atoms with Gasteiger partial charge in [0.15, 0.2) is 0 Å². The number of ketones is 2. The van der Waals surface area contributed by atoms with Gasteiger partial charge in [-0.15, -0.1) is 0 Å². The second-order valence-electron chi connectivity index (χ2n) is 6.78. The van der Waals surface area contributed by atoms with Gasteiger partial charge in [-0.1, -0.05) is 32.1 Å². The third kappa shape index (κ3) is 3.28. The second-order valence-corrected chi connectivity index (χ2v) is 6.78. The van der Waals surface area contributed by atoms with Crippen LogP contribution in [0.2, 0.25) is 0 Å². The lowest BCUT2D eigenvalue weighted by molar-refractivity contribution is -0.112. The quantitative estimate of drug-likeness (QED) is 0.814. The van der Waals surface area contributed by atoms with Crippen LogP contribution in [0.4, 0.5) is 0 Å². The van der Waals surface area contributed by atoms with E-state index in [1.165, 1.54) is 39.5 Å². The van der Waals surface area contributed by atoms with Crippen LogP contribution in [-0.2, 0) is 4.79 Å². The molecule has 2 aliphatic rings. The summed E-state index contributed by atoms with van der Waals surface area (Å²) in [5.74, 6) is -0.0381. The molecular formula is C20H24O5. The Bertz CT molecular complexity index is 726. The van der Waals surface area contributed by atoms with Crippen molar-refractivity contribution in [3.05, 3.63) is 28.8 Å². The van der Waals surface area contributed by atoms with Crippen molar-refractivity contribution in [3.63, 3.8) is 0 Å². The molecule has 5 heteroatoms. The molecule has 25 heavy (non-hydrogen) atoms. The van der Waals surface area contributed by atoms with Gasteiger partial charge in [0.2, 0.25) is 11.6 Å². The molecule has 0 saturated heterocycles. The molecule has 0 heterocycles. The first-order valence-corrected chi connectivity index (χ1v) is 8.84. The molecule has 0 aromatic heterocycles. The van der Waals surface area contributed by atoms with Crippen LogP contribution in [0.15, 0.2) is 17.7 Å². The van der Waals surface area contributed by atoms with Gasteiger partial charge in [-0.3, -0.25) is 9.59 Å². The summed E-state index contributed by atoms with van der Waals surface area (Å²) >= 11 is 0. The molecular weight excluding hydrogens is 320 g/mol. The van der Waals surface area contributed by atoms with Crippen molar-refractivity contribution in [3.8, 4) is 11.5 Å². The van der Waals surface area contributed by atoms with E-state index in [-0.39, 0.29) is 16.9 Å². The third-order valence-electron chi connectivity index (χ3n) is 5.31. The van der Waals surface area contributed by atoms with E-state index in [0.29, 0.717) is 29.4 Å². The number of carbonyl (C=O) groups excluding carboxylic acids is 2. The number of rotatable bonds is 5. The molecule has 0 spiro atoms. The highest BCUT2D eigenvalue weighted by Gasteiger charge is 2.35. The van der Waals surface area contributed by atoms with E-state index in [1.54, 1.807) is 6.07 Å². The van der Waals surface area contributed by atoms with Crippen LogP contribution < -0.4 is 9.47 Å². The number of ether oxygens (including phenoxy) is 2. The van der Waals surface area contributed by atoms with E-state index in [2.05, 4.69) is 0 Å². The van der Waals surface area contributed by atoms with E-state index in [9.17, 15) is 14.7 Å². The van der Waals surface area contributed by atoms with Crippen LogP contribution >= 0.6 is 0 Å². The summed E-state index contributed by atoms with van der Waals surface area (Å²) in [7, 11) is 2.94. The van der Waals surface area contributed by atoms with E-state index >= 15 is 0 Å². The fourth-order valence-electron chi connectivity index (χ4n) is 3.87. The SMILES string of the molecule is COc1cc(OC)c2c(c1)C(=O)C(=O)C(CCC1CCCCC1)=C2O. The van der Waals surface area contributed by atoms with Crippen molar-refractivity contribution in [2.24, 2.45) is 5.92 Å². The van der Waals surface area contributed by atoms with E-state index in [0.717, 1.165) is 19.3 Å². The van der Waals surface area contributed by atoms with Crippen LogP contribution in [0, 0.1) is 5.92 Å². The van der Waals surface area contributed by atoms with Gasteiger partial charge in [0, 0.05) is 17.2 Å². The van der Waals surface area contributed by atoms with Crippen molar-refractivity contribution in [1.82, 2.24) is 0 Å². The largest absolute Gasteiger partial charge is 0.507 e. The molecule has 2 aliphatic carbocycles. The highest BCUT2D eigenvalue weighted by molar-refractivity contribution is 6.52. The van der Waals surface area contributed by atoms with E-state index in [4.69, 9.17) is 9.47 Å². The summed E-state index contributed by atoms with van der Waals surface area (Å²) in [6, 6.07) is 3.09. The smallest absolute Gasteiger partial charge is 0.234 e. The fraction of sp³-hybridized carbons (Fsp3) is 0.500.